The quantitative estimate of drug-likeness (QED) is 0.839. The van der Waals surface area contributed by atoms with Crippen molar-refractivity contribution in [1.29, 1.82) is 0 Å². The van der Waals surface area contributed by atoms with Crippen molar-refractivity contribution in [2.24, 2.45) is 0 Å². The highest BCUT2D eigenvalue weighted by Gasteiger charge is 2.29. The molecule has 1 atom stereocenters. The van der Waals surface area contributed by atoms with Crippen molar-refractivity contribution >= 4 is 11.7 Å². The molecular weight excluding hydrogens is 304 g/mol. The number of piperidine rings is 1. The minimum Gasteiger partial charge on any atom is -0.376 e. The highest BCUT2D eigenvalue weighted by Crippen LogP contribution is 2.21. The van der Waals surface area contributed by atoms with Gasteiger partial charge in [0.15, 0.2) is 0 Å². The van der Waals surface area contributed by atoms with E-state index in [1.54, 1.807) is 6.20 Å². The zero-order chi connectivity index (χ0) is 17.1. The molecule has 1 aromatic rings. The molecule has 1 amide bonds. The van der Waals surface area contributed by atoms with Gasteiger partial charge in [0.2, 0.25) is 0 Å². The molecule has 6 heteroatoms. The Bertz CT molecular complexity index is 570. The summed E-state index contributed by atoms with van der Waals surface area (Å²) in [5.41, 5.74) is 0.729. The second-order valence-electron chi connectivity index (χ2n) is 7.00. The van der Waals surface area contributed by atoms with Crippen molar-refractivity contribution in [2.45, 2.75) is 31.9 Å². The van der Waals surface area contributed by atoms with E-state index in [1.165, 1.54) is 0 Å². The molecule has 6 nitrogen and oxygen atoms in total. The number of pyridine rings is 1. The lowest BCUT2D eigenvalue weighted by molar-refractivity contribution is -0.0423. The van der Waals surface area contributed by atoms with Crippen LogP contribution in [-0.4, -0.2) is 79.7 Å². The first-order chi connectivity index (χ1) is 11.5. The largest absolute Gasteiger partial charge is 0.376 e. The van der Waals surface area contributed by atoms with Gasteiger partial charge in [-0.05, 0) is 31.9 Å². The van der Waals surface area contributed by atoms with Gasteiger partial charge in [-0.1, -0.05) is 0 Å². The molecule has 0 saturated carbocycles. The molecule has 0 aliphatic carbocycles. The smallest absolute Gasteiger partial charge is 0.254 e. The predicted octanol–water partition coefficient (Wildman–Crippen LogP) is 1.47. The van der Waals surface area contributed by atoms with E-state index in [-0.39, 0.29) is 5.91 Å². The van der Waals surface area contributed by atoms with E-state index in [0.29, 0.717) is 12.1 Å². The molecule has 3 rings (SSSR count). The number of carbonyl (C=O) groups is 1. The Labute approximate surface area is 144 Å². The van der Waals surface area contributed by atoms with Crippen LogP contribution < -0.4 is 4.90 Å². The summed E-state index contributed by atoms with van der Waals surface area (Å²) in [5, 5.41) is 0. The SMILES string of the molecule is CC1CN(C2CCN(C(=O)c3ccnc(N(C)C)c3)CC2)CCO1. The Balaban J connectivity index is 1.58. The first kappa shape index (κ1) is 17.2. The number of morpholine rings is 1. The molecule has 2 aliphatic heterocycles. The Kier molecular flexibility index (Phi) is 5.36. The number of anilines is 1. The Morgan fingerprint density at radius 2 is 2.04 bits per heavy atom. The molecular formula is C18H28N4O2. The van der Waals surface area contributed by atoms with E-state index >= 15 is 0 Å². The molecule has 2 fully saturated rings. The van der Waals surface area contributed by atoms with Crippen LogP contribution in [-0.2, 0) is 4.74 Å². The second-order valence-corrected chi connectivity index (χ2v) is 7.00. The van der Waals surface area contributed by atoms with Gasteiger partial charge < -0.3 is 14.5 Å². The number of ether oxygens (including phenoxy) is 1. The minimum atomic E-state index is 0.120. The molecule has 0 bridgehead atoms. The third kappa shape index (κ3) is 3.87. The summed E-state index contributed by atoms with van der Waals surface area (Å²) < 4.78 is 5.63. The molecule has 2 aliphatic rings. The molecule has 24 heavy (non-hydrogen) atoms. The van der Waals surface area contributed by atoms with Crippen LogP contribution >= 0.6 is 0 Å². The number of hydrogen-bond donors (Lipinski definition) is 0. The monoisotopic (exact) mass is 332 g/mol. The molecule has 0 radical (unpaired) electrons. The summed E-state index contributed by atoms with van der Waals surface area (Å²) in [6.45, 7) is 6.64. The Morgan fingerprint density at radius 3 is 2.71 bits per heavy atom. The van der Waals surface area contributed by atoms with E-state index in [0.717, 1.165) is 57.0 Å². The van der Waals surface area contributed by atoms with Crippen LogP contribution in [0.5, 0.6) is 0 Å². The standard InChI is InChI=1S/C18H28N4O2/c1-14-13-22(10-11-24-14)16-5-8-21(9-6-16)18(23)15-4-7-19-17(12-15)20(2)3/h4,7,12,14,16H,5-6,8-11,13H2,1-3H3. The van der Waals surface area contributed by atoms with Crippen molar-refractivity contribution < 1.29 is 9.53 Å². The van der Waals surface area contributed by atoms with Gasteiger partial charge >= 0.3 is 0 Å². The van der Waals surface area contributed by atoms with Crippen molar-refractivity contribution in [3.63, 3.8) is 0 Å². The van der Waals surface area contributed by atoms with Crippen LogP contribution in [0.2, 0.25) is 0 Å². The van der Waals surface area contributed by atoms with Gasteiger partial charge in [0.25, 0.3) is 5.91 Å². The van der Waals surface area contributed by atoms with Crippen molar-refractivity contribution in [3.05, 3.63) is 23.9 Å². The minimum absolute atomic E-state index is 0.120. The Morgan fingerprint density at radius 1 is 1.29 bits per heavy atom. The topological polar surface area (TPSA) is 48.9 Å². The molecule has 2 saturated heterocycles. The van der Waals surface area contributed by atoms with Crippen LogP contribution in [0.25, 0.3) is 0 Å². The van der Waals surface area contributed by atoms with Crippen molar-refractivity contribution in [3.8, 4) is 0 Å². The van der Waals surface area contributed by atoms with Gasteiger partial charge in [0.1, 0.15) is 5.82 Å². The lowest BCUT2D eigenvalue weighted by Gasteiger charge is -2.41. The lowest BCUT2D eigenvalue weighted by Crippen LogP contribution is -2.51. The summed E-state index contributed by atoms with van der Waals surface area (Å²) in [5.74, 6) is 0.937. The van der Waals surface area contributed by atoms with Crippen LogP contribution in [0.4, 0.5) is 5.82 Å². The summed E-state index contributed by atoms with van der Waals surface area (Å²) in [4.78, 5) is 23.5. The molecule has 0 aromatic carbocycles. The zero-order valence-corrected chi connectivity index (χ0v) is 14.9. The zero-order valence-electron chi connectivity index (χ0n) is 14.9. The second kappa shape index (κ2) is 7.49. The van der Waals surface area contributed by atoms with E-state index in [2.05, 4.69) is 16.8 Å². The summed E-state index contributed by atoms with van der Waals surface area (Å²) in [6, 6.07) is 4.26. The summed E-state index contributed by atoms with van der Waals surface area (Å²) in [6.07, 6.45) is 4.12. The van der Waals surface area contributed by atoms with Crippen molar-refractivity contribution in [1.82, 2.24) is 14.8 Å². The predicted molar refractivity (Wildman–Crippen MR) is 94.5 cm³/mol. The number of aromatic nitrogens is 1. The number of likely N-dealkylation sites (tertiary alicyclic amines) is 1. The van der Waals surface area contributed by atoms with E-state index < -0.39 is 0 Å². The van der Waals surface area contributed by atoms with Gasteiger partial charge in [-0.15, -0.1) is 0 Å². The molecule has 1 unspecified atom stereocenters. The fraction of sp³-hybridized carbons (Fsp3) is 0.667. The van der Waals surface area contributed by atoms with E-state index in [1.807, 2.05) is 36.0 Å². The first-order valence-corrected chi connectivity index (χ1v) is 8.83. The fourth-order valence-electron chi connectivity index (χ4n) is 3.59. The van der Waals surface area contributed by atoms with Gasteiger partial charge in [0, 0.05) is 58.1 Å². The average Bonchev–Trinajstić information content (AvgIpc) is 2.61. The van der Waals surface area contributed by atoms with E-state index in [9.17, 15) is 4.79 Å². The van der Waals surface area contributed by atoms with Gasteiger partial charge in [-0.3, -0.25) is 9.69 Å². The Hall–Kier alpha value is -1.66. The highest BCUT2D eigenvalue weighted by molar-refractivity contribution is 5.94. The van der Waals surface area contributed by atoms with E-state index in [4.69, 9.17) is 4.74 Å². The number of rotatable bonds is 3. The summed E-state index contributed by atoms with van der Waals surface area (Å²) >= 11 is 0. The maximum Gasteiger partial charge on any atom is 0.254 e. The number of amides is 1. The molecule has 132 valence electrons. The third-order valence-corrected chi connectivity index (χ3v) is 4.99. The van der Waals surface area contributed by atoms with Gasteiger partial charge in [-0.25, -0.2) is 4.98 Å². The van der Waals surface area contributed by atoms with Crippen LogP contribution in [0, 0.1) is 0 Å². The normalized spacial score (nSPS) is 23.3. The van der Waals surface area contributed by atoms with Crippen molar-refractivity contribution in [2.75, 3.05) is 51.8 Å². The first-order valence-electron chi connectivity index (χ1n) is 8.83. The fourth-order valence-corrected chi connectivity index (χ4v) is 3.59. The molecule has 1 aromatic heterocycles. The average molecular weight is 332 g/mol. The maximum atomic E-state index is 12.8. The van der Waals surface area contributed by atoms with Gasteiger partial charge in [0.05, 0.1) is 12.7 Å². The molecule has 0 N–H and O–H groups in total. The molecule has 3 heterocycles. The highest BCUT2D eigenvalue weighted by atomic mass is 16.5. The maximum absolute atomic E-state index is 12.8. The van der Waals surface area contributed by atoms with Crippen LogP contribution in [0.15, 0.2) is 18.3 Å². The van der Waals surface area contributed by atoms with Crippen LogP contribution in [0.1, 0.15) is 30.1 Å². The lowest BCUT2D eigenvalue weighted by atomic mass is 10.0. The van der Waals surface area contributed by atoms with Crippen LogP contribution in [0.3, 0.4) is 0 Å². The molecule has 0 spiro atoms. The summed E-state index contributed by atoms with van der Waals surface area (Å²) in [7, 11) is 3.87. The number of hydrogen-bond acceptors (Lipinski definition) is 5. The number of nitrogens with zero attached hydrogens (tertiary/aromatic N) is 4. The van der Waals surface area contributed by atoms with Gasteiger partial charge in [-0.2, -0.15) is 0 Å². The number of carbonyl (C=O) groups excluding carboxylic acids is 1. The third-order valence-electron chi connectivity index (χ3n) is 4.99.